The minimum absolute atomic E-state index is 0.00506. The number of hydrogen-bond donors (Lipinski definition) is 3. The van der Waals surface area contributed by atoms with Crippen LogP contribution in [0.25, 0.3) is 0 Å². The number of unbranched alkanes of at least 4 members (excludes halogenated alkanes) is 38. The van der Waals surface area contributed by atoms with Crippen LogP contribution in [0.5, 0.6) is 0 Å². The predicted molar refractivity (Wildman–Crippen MR) is 269 cm³/mol. The number of aliphatic hydroxyl groups excluding tert-OH is 2. The molecule has 0 aliphatic heterocycles. The van der Waals surface area contributed by atoms with Gasteiger partial charge in [0.15, 0.2) is 0 Å². The van der Waals surface area contributed by atoms with Crippen LogP contribution in [0, 0.1) is 0 Å². The number of nitrogens with one attached hydrogen (secondary N) is 1. The molecule has 366 valence electrons. The highest BCUT2D eigenvalue weighted by molar-refractivity contribution is 5.76. The molecule has 0 heterocycles. The molecule has 0 aromatic rings. The van der Waals surface area contributed by atoms with Crippen molar-refractivity contribution in [3.8, 4) is 0 Å². The number of esters is 1. The first-order chi connectivity index (χ1) is 30.5. The maximum atomic E-state index is 12.4. The summed E-state index contributed by atoms with van der Waals surface area (Å²) in [6.45, 7) is 4.89. The lowest BCUT2D eigenvalue weighted by Crippen LogP contribution is -2.45. The van der Waals surface area contributed by atoms with E-state index in [2.05, 4.69) is 31.3 Å². The Morgan fingerprint density at radius 3 is 1.15 bits per heavy atom. The van der Waals surface area contributed by atoms with Gasteiger partial charge >= 0.3 is 5.97 Å². The maximum Gasteiger partial charge on any atom is 0.305 e. The molecule has 6 nitrogen and oxygen atoms in total. The van der Waals surface area contributed by atoms with Crippen molar-refractivity contribution in [1.29, 1.82) is 0 Å². The van der Waals surface area contributed by atoms with Crippen LogP contribution in [-0.4, -0.2) is 47.4 Å². The Morgan fingerprint density at radius 1 is 0.435 bits per heavy atom. The Bertz CT molecular complexity index is 966. The average Bonchev–Trinajstić information content (AvgIpc) is 3.27. The molecular formula is C56H107NO5. The molecule has 1 amide bonds. The standard InChI is InChI=1S/C56H107NO5/c1-3-5-7-9-11-13-15-16-25-29-32-36-40-44-48-54(59)53(52-58)57-55(60)49-45-41-37-33-30-26-23-21-19-17-18-20-22-24-27-31-35-39-43-47-51-62-56(61)50-46-42-38-34-28-14-12-10-8-6-4-2/h17,19,44,48,53-54,58-59H,3-16,18,20-43,45-47,49-52H2,1-2H3,(H,57,60)/b19-17-,48-44+. The highest BCUT2D eigenvalue weighted by Crippen LogP contribution is 2.16. The third kappa shape index (κ3) is 47.8. The minimum atomic E-state index is -0.849. The van der Waals surface area contributed by atoms with E-state index in [1.807, 2.05) is 6.08 Å². The zero-order chi connectivity index (χ0) is 45.1. The largest absolute Gasteiger partial charge is 0.466 e. The molecule has 0 aromatic carbocycles. The van der Waals surface area contributed by atoms with E-state index < -0.39 is 12.1 Å². The number of aliphatic hydroxyl groups is 2. The zero-order valence-electron chi connectivity index (χ0n) is 41.6. The molecule has 6 heteroatoms. The van der Waals surface area contributed by atoms with E-state index in [0.717, 1.165) is 51.4 Å². The van der Waals surface area contributed by atoms with Crippen LogP contribution in [0.2, 0.25) is 0 Å². The van der Waals surface area contributed by atoms with Gasteiger partial charge in [-0.05, 0) is 57.8 Å². The van der Waals surface area contributed by atoms with Gasteiger partial charge in [0.05, 0.1) is 25.4 Å². The van der Waals surface area contributed by atoms with Crippen molar-refractivity contribution in [2.24, 2.45) is 0 Å². The molecule has 0 bridgehead atoms. The smallest absolute Gasteiger partial charge is 0.305 e. The molecule has 0 aliphatic carbocycles. The Balaban J connectivity index is 3.46. The first-order valence-electron chi connectivity index (χ1n) is 27.6. The zero-order valence-corrected chi connectivity index (χ0v) is 41.6. The summed E-state index contributed by atoms with van der Waals surface area (Å²) in [6, 6.07) is -0.633. The van der Waals surface area contributed by atoms with Gasteiger partial charge in [0.1, 0.15) is 0 Å². The van der Waals surface area contributed by atoms with Gasteiger partial charge in [-0.25, -0.2) is 0 Å². The van der Waals surface area contributed by atoms with E-state index in [1.54, 1.807) is 6.08 Å². The lowest BCUT2D eigenvalue weighted by Gasteiger charge is -2.20. The highest BCUT2D eigenvalue weighted by Gasteiger charge is 2.18. The number of rotatable bonds is 51. The molecule has 0 spiro atoms. The van der Waals surface area contributed by atoms with E-state index in [1.165, 1.54) is 218 Å². The van der Waals surface area contributed by atoms with Crippen LogP contribution in [0.1, 0.15) is 296 Å². The van der Waals surface area contributed by atoms with Crippen LogP contribution < -0.4 is 5.32 Å². The molecule has 0 radical (unpaired) electrons. The average molecular weight is 874 g/mol. The molecule has 2 unspecified atom stereocenters. The van der Waals surface area contributed by atoms with Crippen molar-refractivity contribution in [1.82, 2.24) is 5.32 Å². The van der Waals surface area contributed by atoms with Crippen LogP contribution in [0.4, 0.5) is 0 Å². The summed E-state index contributed by atoms with van der Waals surface area (Å²) in [6.07, 6.45) is 61.9. The third-order valence-electron chi connectivity index (χ3n) is 12.7. The van der Waals surface area contributed by atoms with Crippen molar-refractivity contribution < 1.29 is 24.5 Å². The number of hydrogen-bond acceptors (Lipinski definition) is 5. The van der Waals surface area contributed by atoms with Crippen LogP contribution in [-0.2, 0) is 14.3 Å². The second kappa shape index (κ2) is 52.0. The minimum Gasteiger partial charge on any atom is -0.466 e. The number of carbonyl (C=O) groups excluding carboxylic acids is 2. The van der Waals surface area contributed by atoms with Crippen LogP contribution in [0.3, 0.4) is 0 Å². The first-order valence-corrected chi connectivity index (χ1v) is 27.6. The Kier molecular flexibility index (Phi) is 50.6. The fourth-order valence-corrected chi connectivity index (χ4v) is 8.45. The topological polar surface area (TPSA) is 95.9 Å². The SMILES string of the molecule is CCCCCCCCCCCCCC/C=C/C(O)C(CO)NC(=O)CCCCCCCCC/C=C\CCCCCCCCCCCOC(=O)CCCCCCCCCCCCC. The van der Waals surface area contributed by atoms with Crippen molar-refractivity contribution in [3.05, 3.63) is 24.3 Å². The summed E-state index contributed by atoms with van der Waals surface area (Å²) in [7, 11) is 0. The lowest BCUT2D eigenvalue weighted by atomic mass is 10.0. The molecule has 2 atom stereocenters. The van der Waals surface area contributed by atoms with Crippen molar-refractivity contribution in [3.63, 3.8) is 0 Å². The maximum absolute atomic E-state index is 12.4. The van der Waals surface area contributed by atoms with Gasteiger partial charge in [0.25, 0.3) is 0 Å². The van der Waals surface area contributed by atoms with E-state index >= 15 is 0 Å². The van der Waals surface area contributed by atoms with Gasteiger partial charge in [-0.15, -0.1) is 0 Å². The Labute approximate surface area is 386 Å². The second-order valence-corrected chi connectivity index (χ2v) is 18.9. The monoisotopic (exact) mass is 874 g/mol. The number of allylic oxidation sites excluding steroid dienone is 3. The molecule has 0 fully saturated rings. The van der Waals surface area contributed by atoms with Crippen molar-refractivity contribution >= 4 is 11.9 Å². The molecular weight excluding hydrogens is 767 g/mol. The Morgan fingerprint density at radius 2 is 0.758 bits per heavy atom. The predicted octanol–water partition coefficient (Wildman–Crippen LogP) is 16.7. The fraction of sp³-hybridized carbons (Fsp3) is 0.893. The summed E-state index contributed by atoms with van der Waals surface area (Å²) in [5.74, 6) is -0.0711. The first kappa shape index (κ1) is 60.3. The van der Waals surface area contributed by atoms with E-state index in [-0.39, 0.29) is 18.5 Å². The fourth-order valence-electron chi connectivity index (χ4n) is 8.45. The second-order valence-electron chi connectivity index (χ2n) is 18.9. The molecule has 0 aliphatic rings. The van der Waals surface area contributed by atoms with Crippen molar-refractivity contribution in [2.75, 3.05) is 13.2 Å². The number of ether oxygens (including phenoxy) is 1. The van der Waals surface area contributed by atoms with E-state index in [9.17, 15) is 19.8 Å². The summed E-state index contributed by atoms with van der Waals surface area (Å²) >= 11 is 0. The summed E-state index contributed by atoms with van der Waals surface area (Å²) in [5, 5.41) is 23.1. The number of amides is 1. The molecule has 62 heavy (non-hydrogen) atoms. The van der Waals surface area contributed by atoms with Crippen LogP contribution >= 0.6 is 0 Å². The summed E-state index contributed by atoms with van der Waals surface area (Å²) in [5.41, 5.74) is 0. The summed E-state index contributed by atoms with van der Waals surface area (Å²) < 4.78 is 5.45. The molecule has 3 N–H and O–H groups in total. The quantitative estimate of drug-likeness (QED) is 0.0321. The van der Waals surface area contributed by atoms with Gasteiger partial charge in [0.2, 0.25) is 5.91 Å². The molecule has 0 saturated heterocycles. The van der Waals surface area contributed by atoms with E-state index in [4.69, 9.17) is 4.74 Å². The van der Waals surface area contributed by atoms with Gasteiger partial charge in [-0.2, -0.15) is 0 Å². The van der Waals surface area contributed by atoms with Gasteiger partial charge in [0, 0.05) is 12.8 Å². The number of carbonyl (C=O) groups is 2. The van der Waals surface area contributed by atoms with Gasteiger partial charge < -0.3 is 20.3 Å². The third-order valence-corrected chi connectivity index (χ3v) is 12.7. The van der Waals surface area contributed by atoms with Gasteiger partial charge in [-0.3, -0.25) is 9.59 Å². The molecule has 0 aromatic heterocycles. The van der Waals surface area contributed by atoms with Crippen molar-refractivity contribution in [2.45, 2.75) is 309 Å². The molecule has 0 saturated carbocycles. The Hall–Kier alpha value is -1.66. The van der Waals surface area contributed by atoms with Crippen LogP contribution in [0.15, 0.2) is 24.3 Å². The van der Waals surface area contributed by atoms with E-state index in [0.29, 0.717) is 19.4 Å². The van der Waals surface area contributed by atoms with Gasteiger partial charge in [-0.1, -0.05) is 250 Å². The lowest BCUT2D eigenvalue weighted by molar-refractivity contribution is -0.143. The summed E-state index contributed by atoms with van der Waals surface area (Å²) in [4.78, 5) is 24.4. The normalized spacial score (nSPS) is 12.8. The highest BCUT2D eigenvalue weighted by atomic mass is 16.5. The molecule has 0 rings (SSSR count).